The molecule has 5 heteroatoms. The van der Waals surface area contributed by atoms with E-state index in [2.05, 4.69) is 0 Å². The first-order chi connectivity index (χ1) is 8.64. The molecule has 0 aliphatic heterocycles. The molecule has 2 rings (SSSR count). The van der Waals surface area contributed by atoms with Crippen molar-refractivity contribution in [3.8, 4) is 6.07 Å². The van der Waals surface area contributed by atoms with Gasteiger partial charge in [0.25, 0.3) is 0 Å². The first kappa shape index (κ1) is 12.1. The minimum Gasteiger partial charge on any atom is -0.472 e. The molecule has 0 saturated carbocycles. The van der Waals surface area contributed by atoms with Gasteiger partial charge in [0, 0.05) is 5.56 Å². The monoisotopic (exact) mass is 259 g/mol. The Morgan fingerprint density at radius 2 is 1.94 bits per heavy atom. The van der Waals surface area contributed by atoms with Crippen LogP contribution in [0.15, 0.2) is 63.1 Å². The standard InChI is InChI=1S/C13H9NO3S/c14-9-13(8-11-6-7-17-10-11)18(15,16)12-4-2-1-3-5-12/h1-8,10H/b13-8-. The van der Waals surface area contributed by atoms with Crippen LogP contribution in [0.4, 0.5) is 0 Å². The molecule has 90 valence electrons. The Kier molecular flexibility index (Phi) is 3.31. The van der Waals surface area contributed by atoms with E-state index in [-0.39, 0.29) is 9.80 Å². The number of hydrogen-bond acceptors (Lipinski definition) is 4. The highest BCUT2D eigenvalue weighted by Crippen LogP contribution is 2.20. The third-order valence-corrected chi connectivity index (χ3v) is 3.98. The van der Waals surface area contributed by atoms with Crippen molar-refractivity contribution in [2.24, 2.45) is 0 Å². The number of rotatable bonds is 3. The molecular formula is C13H9NO3S. The minimum absolute atomic E-state index is 0.0984. The van der Waals surface area contributed by atoms with E-state index in [1.165, 1.54) is 30.7 Å². The highest BCUT2D eigenvalue weighted by molar-refractivity contribution is 7.95. The van der Waals surface area contributed by atoms with Crippen LogP contribution in [0.1, 0.15) is 5.56 Å². The Labute approximate surface area is 105 Å². The Morgan fingerprint density at radius 3 is 2.50 bits per heavy atom. The molecule has 0 amide bonds. The molecule has 1 heterocycles. The Bertz CT molecular complexity index is 692. The van der Waals surface area contributed by atoms with Crippen molar-refractivity contribution in [1.82, 2.24) is 0 Å². The Balaban J connectivity index is 2.50. The fourth-order valence-corrected chi connectivity index (χ4v) is 2.59. The third kappa shape index (κ3) is 2.34. The average Bonchev–Trinajstić information content (AvgIpc) is 2.89. The lowest BCUT2D eigenvalue weighted by Crippen LogP contribution is -2.03. The van der Waals surface area contributed by atoms with Gasteiger partial charge in [-0.1, -0.05) is 18.2 Å². The maximum atomic E-state index is 12.2. The van der Waals surface area contributed by atoms with Gasteiger partial charge in [0.15, 0.2) is 0 Å². The maximum Gasteiger partial charge on any atom is 0.216 e. The van der Waals surface area contributed by atoms with Crippen LogP contribution < -0.4 is 0 Å². The van der Waals surface area contributed by atoms with Crippen molar-refractivity contribution < 1.29 is 12.8 Å². The van der Waals surface area contributed by atoms with Crippen molar-refractivity contribution in [3.05, 3.63) is 59.4 Å². The molecule has 0 saturated heterocycles. The summed E-state index contributed by atoms with van der Waals surface area (Å²) in [5, 5.41) is 8.99. The van der Waals surface area contributed by atoms with Gasteiger partial charge in [-0.2, -0.15) is 5.26 Å². The van der Waals surface area contributed by atoms with Gasteiger partial charge in [0.2, 0.25) is 9.84 Å². The fourth-order valence-electron chi connectivity index (χ4n) is 1.41. The number of benzene rings is 1. The molecule has 0 atom stereocenters. The van der Waals surface area contributed by atoms with Crippen LogP contribution in [0.25, 0.3) is 6.08 Å². The summed E-state index contributed by atoms with van der Waals surface area (Å²) in [6, 6.07) is 11.1. The number of nitriles is 1. The van der Waals surface area contributed by atoms with Gasteiger partial charge in [-0.3, -0.25) is 0 Å². The van der Waals surface area contributed by atoms with E-state index in [1.807, 2.05) is 0 Å². The molecule has 1 aromatic carbocycles. The summed E-state index contributed by atoms with van der Waals surface area (Å²) in [6.45, 7) is 0. The van der Waals surface area contributed by atoms with Gasteiger partial charge in [-0.05, 0) is 24.3 Å². The van der Waals surface area contributed by atoms with Crippen molar-refractivity contribution in [2.45, 2.75) is 4.90 Å². The molecule has 0 N–H and O–H groups in total. The van der Waals surface area contributed by atoms with Crippen molar-refractivity contribution in [3.63, 3.8) is 0 Å². The molecule has 0 unspecified atom stereocenters. The number of hydrogen-bond donors (Lipinski definition) is 0. The second-order valence-electron chi connectivity index (χ2n) is 3.49. The van der Waals surface area contributed by atoms with Crippen molar-refractivity contribution >= 4 is 15.9 Å². The summed E-state index contributed by atoms with van der Waals surface area (Å²) in [7, 11) is -3.77. The first-order valence-electron chi connectivity index (χ1n) is 5.09. The van der Waals surface area contributed by atoms with E-state index in [0.717, 1.165) is 0 Å². The minimum atomic E-state index is -3.77. The Hall–Kier alpha value is -2.32. The zero-order valence-electron chi connectivity index (χ0n) is 9.28. The van der Waals surface area contributed by atoms with E-state index in [1.54, 1.807) is 30.3 Å². The van der Waals surface area contributed by atoms with E-state index < -0.39 is 9.84 Å². The zero-order chi connectivity index (χ0) is 13.0. The lowest BCUT2D eigenvalue weighted by atomic mass is 10.3. The molecule has 4 nitrogen and oxygen atoms in total. The summed E-state index contributed by atoms with van der Waals surface area (Å²) >= 11 is 0. The smallest absolute Gasteiger partial charge is 0.216 e. The summed E-state index contributed by atoms with van der Waals surface area (Å²) in [4.78, 5) is -0.212. The SMILES string of the molecule is N#C/C(=C/c1ccoc1)S(=O)(=O)c1ccccc1. The van der Waals surface area contributed by atoms with Crippen molar-refractivity contribution in [2.75, 3.05) is 0 Å². The van der Waals surface area contributed by atoms with Crippen LogP contribution in [0.3, 0.4) is 0 Å². The van der Waals surface area contributed by atoms with Gasteiger partial charge < -0.3 is 4.42 Å². The molecule has 0 aliphatic carbocycles. The summed E-state index contributed by atoms with van der Waals surface area (Å²) in [5.74, 6) is 0. The summed E-state index contributed by atoms with van der Waals surface area (Å²) in [5.41, 5.74) is 0.533. The largest absolute Gasteiger partial charge is 0.472 e. The summed E-state index contributed by atoms with van der Waals surface area (Å²) < 4.78 is 29.2. The summed E-state index contributed by atoms with van der Waals surface area (Å²) in [6.07, 6.45) is 4.07. The predicted octanol–water partition coefficient (Wildman–Crippen LogP) is 2.62. The number of sulfone groups is 1. The molecule has 0 radical (unpaired) electrons. The van der Waals surface area contributed by atoms with E-state index in [9.17, 15) is 8.42 Å². The van der Waals surface area contributed by atoms with Crippen LogP contribution >= 0.6 is 0 Å². The second kappa shape index (κ2) is 4.90. The van der Waals surface area contributed by atoms with Gasteiger partial charge >= 0.3 is 0 Å². The fraction of sp³-hybridized carbons (Fsp3) is 0. The third-order valence-electron chi connectivity index (χ3n) is 2.29. The molecular weight excluding hydrogens is 250 g/mol. The van der Waals surface area contributed by atoms with Crippen LogP contribution in [0.5, 0.6) is 0 Å². The normalized spacial score (nSPS) is 12.1. The van der Waals surface area contributed by atoms with Gasteiger partial charge in [0.05, 0.1) is 17.4 Å². The molecule has 0 fully saturated rings. The topological polar surface area (TPSA) is 71.1 Å². The lowest BCUT2D eigenvalue weighted by molar-refractivity contribution is 0.567. The lowest BCUT2D eigenvalue weighted by Gasteiger charge is -2.01. The maximum absolute atomic E-state index is 12.2. The van der Waals surface area contributed by atoms with Crippen LogP contribution in [0.2, 0.25) is 0 Å². The van der Waals surface area contributed by atoms with Crippen molar-refractivity contribution in [1.29, 1.82) is 5.26 Å². The number of furan rings is 1. The van der Waals surface area contributed by atoms with Crippen LogP contribution in [-0.2, 0) is 9.84 Å². The van der Waals surface area contributed by atoms with Crippen LogP contribution in [-0.4, -0.2) is 8.42 Å². The van der Waals surface area contributed by atoms with E-state index in [4.69, 9.17) is 9.68 Å². The average molecular weight is 259 g/mol. The molecule has 2 aromatic rings. The zero-order valence-corrected chi connectivity index (χ0v) is 10.1. The highest BCUT2D eigenvalue weighted by Gasteiger charge is 2.20. The molecule has 1 aromatic heterocycles. The Morgan fingerprint density at radius 1 is 1.22 bits per heavy atom. The highest BCUT2D eigenvalue weighted by atomic mass is 32.2. The predicted molar refractivity (Wildman–Crippen MR) is 65.9 cm³/mol. The first-order valence-corrected chi connectivity index (χ1v) is 6.57. The number of allylic oxidation sites excluding steroid dienone is 1. The van der Waals surface area contributed by atoms with Gasteiger partial charge in [-0.25, -0.2) is 8.42 Å². The molecule has 0 spiro atoms. The van der Waals surface area contributed by atoms with E-state index in [0.29, 0.717) is 5.56 Å². The number of nitrogens with zero attached hydrogens (tertiary/aromatic N) is 1. The van der Waals surface area contributed by atoms with E-state index >= 15 is 0 Å². The molecule has 18 heavy (non-hydrogen) atoms. The van der Waals surface area contributed by atoms with Gasteiger partial charge in [0.1, 0.15) is 11.0 Å². The molecule has 0 aliphatic rings. The van der Waals surface area contributed by atoms with Gasteiger partial charge in [-0.15, -0.1) is 0 Å². The van der Waals surface area contributed by atoms with Crippen LogP contribution in [0, 0.1) is 11.3 Å². The quantitative estimate of drug-likeness (QED) is 0.794. The second-order valence-corrected chi connectivity index (χ2v) is 5.41. The molecule has 0 bridgehead atoms.